The molecule has 0 fully saturated rings. The number of phenols is 3. The van der Waals surface area contributed by atoms with E-state index in [4.69, 9.17) is 11.6 Å². The first-order valence-electron chi connectivity index (χ1n) is 6.36. The molecule has 2 aromatic rings. The molecular formula is C13H10ClN3O7S. The van der Waals surface area contributed by atoms with E-state index < -0.39 is 42.8 Å². The standard InChI is InChI=1S/C13H10ClN3O7S/c14-9-3-2-8(5-10(9)17(21)22)25(23,24)16-15-6-7-1-4-11(18)13(20)12(7)19/h1-6,16,18-20H/b15-6+. The molecule has 0 saturated carbocycles. The number of hydrazone groups is 1. The first-order valence-corrected chi connectivity index (χ1v) is 8.22. The van der Waals surface area contributed by atoms with Gasteiger partial charge in [-0.1, -0.05) is 11.6 Å². The molecule has 0 bridgehead atoms. The van der Waals surface area contributed by atoms with Crippen LogP contribution in [0.4, 0.5) is 5.69 Å². The molecule has 0 spiro atoms. The molecule has 0 atom stereocenters. The van der Waals surface area contributed by atoms with E-state index in [2.05, 4.69) is 5.10 Å². The third kappa shape index (κ3) is 3.89. The fourth-order valence-corrected chi connectivity index (χ4v) is 2.70. The number of nitrogens with zero attached hydrogens (tertiary/aromatic N) is 2. The Balaban J connectivity index is 2.27. The molecule has 2 rings (SSSR count). The van der Waals surface area contributed by atoms with Crippen LogP contribution in [-0.2, 0) is 10.0 Å². The highest BCUT2D eigenvalue weighted by Crippen LogP contribution is 2.36. The Kier molecular flexibility index (Phi) is 4.99. The minimum Gasteiger partial charge on any atom is -0.504 e. The number of nitrogens with one attached hydrogen (secondary N) is 1. The van der Waals surface area contributed by atoms with Crippen molar-refractivity contribution >= 4 is 33.5 Å². The lowest BCUT2D eigenvalue weighted by Gasteiger charge is -2.05. The number of nitro groups is 1. The topological polar surface area (TPSA) is 162 Å². The van der Waals surface area contributed by atoms with Crippen LogP contribution >= 0.6 is 11.6 Å². The van der Waals surface area contributed by atoms with Crippen molar-refractivity contribution < 1.29 is 28.7 Å². The van der Waals surface area contributed by atoms with Gasteiger partial charge in [-0.05, 0) is 24.3 Å². The minimum absolute atomic E-state index is 0.0833. The SMILES string of the molecule is O=[N+]([O-])c1cc(S(=O)(=O)N/N=C/c2ccc(O)c(O)c2O)ccc1Cl. The molecule has 0 aliphatic rings. The quantitative estimate of drug-likeness (QED) is 0.262. The van der Waals surface area contributed by atoms with E-state index in [9.17, 15) is 33.9 Å². The molecule has 10 nitrogen and oxygen atoms in total. The number of halogens is 1. The van der Waals surface area contributed by atoms with Crippen molar-refractivity contribution in [2.75, 3.05) is 0 Å². The van der Waals surface area contributed by atoms with Crippen LogP contribution in [0, 0.1) is 10.1 Å². The van der Waals surface area contributed by atoms with Crippen molar-refractivity contribution in [1.82, 2.24) is 4.83 Å². The van der Waals surface area contributed by atoms with Gasteiger partial charge in [-0.15, -0.1) is 0 Å². The zero-order chi connectivity index (χ0) is 18.8. The van der Waals surface area contributed by atoms with E-state index in [1.165, 1.54) is 6.07 Å². The minimum atomic E-state index is -4.24. The van der Waals surface area contributed by atoms with Crippen LogP contribution in [0.3, 0.4) is 0 Å². The molecule has 2 aromatic carbocycles. The van der Waals surface area contributed by atoms with Gasteiger partial charge < -0.3 is 15.3 Å². The van der Waals surface area contributed by atoms with Crippen molar-refractivity contribution in [3.63, 3.8) is 0 Å². The number of hydrogen-bond acceptors (Lipinski definition) is 8. The molecule has 0 amide bonds. The van der Waals surface area contributed by atoms with E-state index in [0.29, 0.717) is 0 Å². The van der Waals surface area contributed by atoms with Crippen LogP contribution in [0.15, 0.2) is 40.3 Å². The van der Waals surface area contributed by atoms with Crippen LogP contribution < -0.4 is 4.83 Å². The van der Waals surface area contributed by atoms with Gasteiger partial charge in [0.2, 0.25) is 5.75 Å². The Morgan fingerprint density at radius 3 is 2.48 bits per heavy atom. The van der Waals surface area contributed by atoms with Crippen LogP contribution in [-0.4, -0.2) is 34.9 Å². The average molecular weight is 388 g/mol. The number of nitro benzene ring substituents is 1. The second kappa shape index (κ2) is 6.83. The highest BCUT2D eigenvalue weighted by atomic mass is 35.5. The van der Waals surface area contributed by atoms with Crippen LogP contribution in [0.1, 0.15) is 5.56 Å². The summed E-state index contributed by atoms with van der Waals surface area (Å²) < 4.78 is 24.1. The van der Waals surface area contributed by atoms with Crippen LogP contribution in [0.25, 0.3) is 0 Å². The van der Waals surface area contributed by atoms with Crippen molar-refractivity contribution in [2.45, 2.75) is 4.90 Å². The third-order valence-corrected chi connectivity index (χ3v) is 4.50. The smallest absolute Gasteiger partial charge is 0.289 e. The van der Waals surface area contributed by atoms with Gasteiger partial charge in [-0.2, -0.15) is 13.5 Å². The summed E-state index contributed by atoms with van der Waals surface area (Å²) in [6.07, 6.45) is 0.871. The summed E-state index contributed by atoms with van der Waals surface area (Å²) in [5, 5.41) is 42.1. The summed E-state index contributed by atoms with van der Waals surface area (Å²) >= 11 is 5.61. The number of phenolic OH excluding ortho intramolecular Hbond substituents is 3. The molecule has 0 heterocycles. The lowest BCUT2D eigenvalue weighted by Crippen LogP contribution is -2.18. The molecule has 25 heavy (non-hydrogen) atoms. The second-order valence-electron chi connectivity index (χ2n) is 4.59. The molecular weight excluding hydrogens is 378 g/mol. The number of aromatic hydroxyl groups is 3. The normalized spacial score (nSPS) is 11.6. The zero-order valence-corrected chi connectivity index (χ0v) is 13.7. The molecule has 0 aromatic heterocycles. The largest absolute Gasteiger partial charge is 0.504 e. The Bertz CT molecular complexity index is 976. The van der Waals surface area contributed by atoms with Crippen molar-refractivity contribution in [2.24, 2.45) is 5.10 Å². The second-order valence-corrected chi connectivity index (χ2v) is 6.66. The summed E-state index contributed by atoms with van der Waals surface area (Å²) in [5.41, 5.74) is -0.672. The molecule has 12 heteroatoms. The van der Waals surface area contributed by atoms with E-state index in [0.717, 1.165) is 30.5 Å². The van der Waals surface area contributed by atoms with Crippen molar-refractivity contribution in [1.29, 1.82) is 0 Å². The molecule has 0 aliphatic carbocycles. The Labute approximate surface area is 145 Å². The number of rotatable bonds is 5. The number of sulfonamides is 1. The molecule has 0 unspecified atom stereocenters. The maximum atomic E-state index is 12.1. The maximum Gasteiger partial charge on any atom is 0.289 e. The predicted octanol–water partition coefficient (Wildman–Crippen LogP) is 1.68. The first-order chi connectivity index (χ1) is 11.6. The molecule has 0 saturated heterocycles. The van der Waals surface area contributed by atoms with Gasteiger partial charge in [0.15, 0.2) is 11.5 Å². The monoisotopic (exact) mass is 387 g/mol. The van der Waals surface area contributed by atoms with Gasteiger partial charge in [0.1, 0.15) is 5.02 Å². The van der Waals surface area contributed by atoms with E-state index >= 15 is 0 Å². The van der Waals surface area contributed by atoms with Gasteiger partial charge in [-0.25, -0.2) is 4.83 Å². The van der Waals surface area contributed by atoms with Crippen LogP contribution in [0.2, 0.25) is 5.02 Å². The summed E-state index contributed by atoms with van der Waals surface area (Å²) in [6.45, 7) is 0. The first kappa shape index (κ1) is 18.3. The lowest BCUT2D eigenvalue weighted by molar-refractivity contribution is -0.384. The fraction of sp³-hybridized carbons (Fsp3) is 0. The fourth-order valence-electron chi connectivity index (χ4n) is 1.71. The summed E-state index contributed by atoms with van der Waals surface area (Å²) in [7, 11) is -4.24. The van der Waals surface area contributed by atoms with Crippen molar-refractivity contribution in [3.05, 3.63) is 51.0 Å². The lowest BCUT2D eigenvalue weighted by atomic mass is 10.2. The number of benzene rings is 2. The third-order valence-electron chi connectivity index (χ3n) is 2.96. The molecule has 0 aliphatic heterocycles. The summed E-state index contributed by atoms with van der Waals surface area (Å²) in [5.74, 6) is -2.06. The molecule has 0 radical (unpaired) electrons. The maximum absolute atomic E-state index is 12.1. The van der Waals surface area contributed by atoms with Gasteiger partial charge >= 0.3 is 0 Å². The highest BCUT2D eigenvalue weighted by Gasteiger charge is 2.20. The summed E-state index contributed by atoms with van der Waals surface area (Å²) in [4.78, 5) is 11.3. The van der Waals surface area contributed by atoms with E-state index in [-0.39, 0.29) is 10.6 Å². The van der Waals surface area contributed by atoms with Gasteiger partial charge in [0.25, 0.3) is 15.7 Å². The Morgan fingerprint density at radius 1 is 1.16 bits per heavy atom. The van der Waals surface area contributed by atoms with Crippen LogP contribution in [0.5, 0.6) is 17.2 Å². The highest BCUT2D eigenvalue weighted by molar-refractivity contribution is 7.89. The summed E-state index contributed by atoms with van der Waals surface area (Å²) in [6, 6.07) is 5.12. The average Bonchev–Trinajstić information content (AvgIpc) is 2.54. The number of hydrogen-bond donors (Lipinski definition) is 4. The Hall–Kier alpha value is -3.05. The Morgan fingerprint density at radius 2 is 1.84 bits per heavy atom. The van der Waals surface area contributed by atoms with Gasteiger partial charge in [0, 0.05) is 11.6 Å². The zero-order valence-electron chi connectivity index (χ0n) is 12.1. The van der Waals surface area contributed by atoms with Gasteiger partial charge in [-0.3, -0.25) is 10.1 Å². The molecule has 132 valence electrons. The van der Waals surface area contributed by atoms with Crippen molar-refractivity contribution in [3.8, 4) is 17.2 Å². The predicted molar refractivity (Wildman–Crippen MR) is 87.5 cm³/mol. The van der Waals surface area contributed by atoms with E-state index in [1.807, 2.05) is 0 Å². The van der Waals surface area contributed by atoms with Gasteiger partial charge in [0.05, 0.1) is 16.0 Å². The van der Waals surface area contributed by atoms with E-state index in [1.54, 1.807) is 4.83 Å². The molecule has 4 N–H and O–H groups in total.